The summed E-state index contributed by atoms with van der Waals surface area (Å²) in [5, 5.41) is 2.68. The monoisotopic (exact) mass is 379 g/mol. The van der Waals surface area contributed by atoms with Crippen LogP contribution in [-0.2, 0) is 19.3 Å². The minimum absolute atomic E-state index is 0.204. The van der Waals surface area contributed by atoms with Crippen molar-refractivity contribution in [2.75, 3.05) is 5.43 Å². The van der Waals surface area contributed by atoms with Gasteiger partial charge in [-0.2, -0.15) is 13.2 Å². The summed E-state index contributed by atoms with van der Waals surface area (Å²) in [6.07, 6.45) is -2.67. The van der Waals surface area contributed by atoms with E-state index in [9.17, 15) is 22.4 Å². The van der Waals surface area contributed by atoms with Gasteiger partial charge in [-0.15, -0.1) is 0 Å². The molecule has 2 aromatic carbocycles. The van der Waals surface area contributed by atoms with Crippen LogP contribution in [-0.4, -0.2) is 5.91 Å². The Hall–Kier alpha value is -2.61. The van der Waals surface area contributed by atoms with E-state index in [2.05, 4.69) is 16.2 Å². The van der Waals surface area contributed by atoms with E-state index < -0.39 is 23.5 Å². The predicted molar refractivity (Wildman–Crippen MR) is 91.5 cm³/mol. The van der Waals surface area contributed by atoms with Crippen LogP contribution >= 0.6 is 0 Å². The third kappa shape index (κ3) is 3.49. The van der Waals surface area contributed by atoms with Gasteiger partial charge in [0.2, 0.25) is 0 Å². The third-order valence-electron chi connectivity index (χ3n) is 4.93. The molecule has 1 aliphatic heterocycles. The van der Waals surface area contributed by atoms with Gasteiger partial charge < -0.3 is 10.7 Å². The molecule has 0 unspecified atom stereocenters. The molecule has 0 radical (unpaired) electrons. The molecule has 1 aliphatic carbocycles. The Morgan fingerprint density at radius 1 is 1.19 bits per heavy atom. The third-order valence-corrected chi connectivity index (χ3v) is 4.93. The Labute approximate surface area is 152 Å². The molecule has 4 nitrogen and oxygen atoms in total. The van der Waals surface area contributed by atoms with Gasteiger partial charge in [0.1, 0.15) is 5.82 Å². The number of halogens is 4. The molecule has 1 heterocycles. The molecule has 1 amide bonds. The van der Waals surface area contributed by atoms with E-state index in [1.54, 1.807) is 0 Å². The van der Waals surface area contributed by atoms with Crippen LogP contribution in [0, 0.1) is 5.82 Å². The number of alkyl halides is 3. The fraction of sp³-hybridized carbons (Fsp3) is 0.316. The largest absolute Gasteiger partial charge is 0.419 e. The van der Waals surface area contributed by atoms with Crippen molar-refractivity contribution in [1.29, 1.82) is 0 Å². The molecule has 3 N–H and O–H groups in total. The van der Waals surface area contributed by atoms with Crippen LogP contribution < -0.4 is 16.2 Å². The molecule has 8 heteroatoms. The summed E-state index contributed by atoms with van der Waals surface area (Å²) in [4.78, 5) is 12.4. The van der Waals surface area contributed by atoms with Crippen LogP contribution in [0.25, 0.3) is 0 Å². The first-order valence-electron chi connectivity index (χ1n) is 8.63. The van der Waals surface area contributed by atoms with E-state index in [1.807, 2.05) is 12.1 Å². The van der Waals surface area contributed by atoms with E-state index in [0.29, 0.717) is 24.6 Å². The first-order chi connectivity index (χ1) is 12.8. The quantitative estimate of drug-likeness (QED) is 0.702. The first kappa shape index (κ1) is 17.8. The second kappa shape index (κ2) is 6.53. The number of rotatable bonds is 4. The Kier molecular flexibility index (Phi) is 4.30. The number of fused-ring (bicyclic) bond motifs is 1. The summed E-state index contributed by atoms with van der Waals surface area (Å²) in [7, 11) is 0. The van der Waals surface area contributed by atoms with E-state index >= 15 is 0 Å². The summed E-state index contributed by atoms with van der Waals surface area (Å²) in [6, 6.07) is 6.29. The molecule has 1 fully saturated rings. The lowest BCUT2D eigenvalue weighted by atomic mass is 9.96. The Morgan fingerprint density at radius 2 is 1.96 bits per heavy atom. The van der Waals surface area contributed by atoms with Crippen molar-refractivity contribution in [1.82, 2.24) is 10.7 Å². The van der Waals surface area contributed by atoms with Gasteiger partial charge in [0, 0.05) is 18.7 Å². The van der Waals surface area contributed by atoms with Crippen LogP contribution in [0.5, 0.6) is 0 Å². The van der Waals surface area contributed by atoms with E-state index in [1.165, 1.54) is 0 Å². The summed E-state index contributed by atoms with van der Waals surface area (Å²) in [6.45, 7) is 0.811. The van der Waals surface area contributed by atoms with Crippen molar-refractivity contribution in [2.45, 2.75) is 38.0 Å². The number of carbonyl (C=O) groups excluding carboxylic acids is 1. The molecule has 0 bridgehead atoms. The number of amides is 1. The standard InChI is InChI=1S/C19H17F4N3O/c20-16-5-3-11(7-15(16)19(21,22)23)18(27)24-8-13-12(10-1-2-10)4-6-17-14(13)9-25-26-17/h3-7,10,25-26H,1-2,8-9H2,(H,24,27). The van der Waals surface area contributed by atoms with Crippen molar-refractivity contribution >= 4 is 11.6 Å². The Balaban J connectivity index is 1.56. The topological polar surface area (TPSA) is 53.2 Å². The van der Waals surface area contributed by atoms with Crippen LogP contribution in [0.4, 0.5) is 23.2 Å². The lowest BCUT2D eigenvalue weighted by molar-refractivity contribution is -0.140. The molecule has 2 aromatic rings. The van der Waals surface area contributed by atoms with Gasteiger partial charge in [0.05, 0.1) is 11.3 Å². The molecule has 27 heavy (non-hydrogen) atoms. The van der Waals surface area contributed by atoms with Crippen molar-refractivity contribution in [3.63, 3.8) is 0 Å². The second-order valence-corrected chi connectivity index (χ2v) is 6.79. The molecule has 0 atom stereocenters. The van der Waals surface area contributed by atoms with Crippen LogP contribution in [0.1, 0.15) is 51.4 Å². The maximum atomic E-state index is 13.4. The number of benzene rings is 2. The number of hydrogen-bond acceptors (Lipinski definition) is 3. The number of hydrazine groups is 1. The first-order valence-corrected chi connectivity index (χ1v) is 8.63. The normalized spacial score (nSPS) is 16.0. The van der Waals surface area contributed by atoms with Gasteiger partial charge in [-0.25, -0.2) is 9.82 Å². The number of hydrogen-bond donors (Lipinski definition) is 3. The second-order valence-electron chi connectivity index (χ2n) is 6.79. The highest BCUT2D eigenvalue weighted by Crippen LogP contribution is 2.44. The van der Waals surface area contributed by atoms with Crippen molar-refractivity contribution in [3.8, 4) is 0 Å². The highest BCUT2D eigenvalue weighted by molar-refractivity contribution is 5.94. The highest BCUT2D eigenvalue weighted by atomic mass is 19.4. The summed E-state index contributed by atoms with van der Waals surface area (Å²) < 4.78 is 52.0. The SMILES string of the molecule is O=C(NCc1c(C2CC2)ccc2c1CNN2)c1ccc(F)c(C(F)(F)F)c1. The lowest BCUT2D eigenvalue weighted by Gasteiger charge is -2.15. The van der Waals surface area contributed by atoms with E-state index in [0.717, 1.165) is 41.3 Å². The zero-order valence-corrected chi connectivity index (χ0v) is 14.2. The van der Waals surface area contributed by atoms with Gasteiger partial charge in [-0.1, -0.05) is 6.07 Å². The molecule has 0 saturated heterocycles. The van der Waals surface area contributed by atoms with Crippen molar-refractivity contribution in [3.05, 3.63) is 64.0 Å². The number of nitrogens with one attached hydrogen (secondary N) is 3. The molecular weight excluding hydrogens is 362 g/mol. The fourth-order valence-electron chi connectivity index (χ4n) is 3.40. The Bertz CT molecular complexity index is 907. The zero-order chi connectivity index (χ0) is 19.2. The minimum atomic E-state index is -4.85. The molecule has 1 saturated carbocycles. The summed E-state index contributed by atoms with van der Waals surface area (Å²) in [5.41, 5.74) is 8.55. The fourth-order valence-corrected chi connectivity index (χ4v) is 3.40. The molecule has 4 rings (SSSR count). The van der Waals surface area contributed by atoms with Crippen LogP contribution in [0.2, 0.25) is 0 Å². The Morgan fingerprint density at radius 3 is 2.67 bits per heavy atom. The molecular formula is C19H17F4N3O. The number of anilines is 1. The van der Waals surface area contributed by atoms with E-state index in [4.69, 9.17) is 0 Å². The molecule has 0 spiro atoms. The van der Waals surface area contributed by atoms with Gasteiger partial charge in [-0.3, -0.25) is 4.79 Å². The summed E-state index contributed by atoms with van der Waals surface area (Å²) in [5.74, 6) is -1.60. The maximum absolute atomic E-state index is 13.4. The lowest BCUT2D eigenvalue weighted by Crippen LogP contribution is -2.25. The van der Waals surface area contributed by atoms with E-state index in [-0.39, 0.29) is 12.1 Å². The molecule has 142 valence electrons. The highest BCUT2D eigenvalue weighted by Gasteiger charge is 2.35. The van der Waals surface area contributed by atoms with Crippen molar-refractivity contribution < 1.29 is 22.4 Å². The average Bonchev–Trinajstić information content (AvgIpc) is 3.35. The smallest absolute Gasteiger partial charge is 0.348 e. The van der Waals surface area contributed by atoms with Gasteiger partial charge in [0.15, 0.2) is 0 Å². The number of carbonyl (C=O) groups is 1. The summed E-state index contributed by atoms with van der Waals surface area (Å²) >= 11 is 0. The minimum Gasteiger partial charge on any atom is -0.348 e. The van der Waals surface area contributed by atoms with Crippen LogP contribution in [0.15, 0.2) is 30.3 Å². The zero-order valence-electron chi connectivity index (χ0n) is 14.2. The predicted octanol–water partition coefficient (Wildman–Crippen LogP) is 4.08. The van der Waals surface area contributed by atoms with Gasteiger partial charge >= 0.3 is 6.18 Å². The van der Waals surface area contributed by atoms with Crippen molar-refractivity contribution in [2.24, 2.45) is 0 Å². The molecule has 0 aromatic heterocycles. The molecule has 2 aliphatic rings. The maximum Gasteiger partial charge on any atom is 0.419 e. The van der Waals surface area contributed by atoms with Crippen LogP contribution in [0.3, 0.4) is 0 Å². The van der Waals surface area contributed by atoms with Gasteiger partial charge in [0.25, 0.3) is 5.91 Å². The average molecular weight is 379 g/mol. The van der Waals surface area contributed by atoms with Gasteiger partial charge in [-0.05, 0) is 59.7 Å².